The fraction of sp³-hybridized carbons (Fsp3) is 1.00. The third-order valence-corrected chi connectivity index (χ3v) is 3.05. The quantitative estimate of drug-likeness (QED) is 0.619. The monoisotopic (exact) mass is 172 g/mol. The van der Waals surface area contributed by atoms with Crippen molar-refractivity contribution in [1.29, 1.82) is 0 Å². The van der Waals surface area contributed by atoms with Crippen LogP contribution >= 0.6 is 0 Å². The standard InChI is InChI=1S/C9H18O.C2H6/c1-8-5-4-6-9(8,2)7-10-3;1-2/h8H,4-7H2,1-3H3;1-2H3. The van der Waals surface area contributed by atoms with Crippen LogP contribution in [0.3, 0.4) is 0 Å². The van der Waals surface area contributed by atoms with Crippen LogP contribution in [-0.4, -0.2) is 13.7 Å². The Bertz CT molecular complexity index is 112. The molecule has 1 fully saturated rings. The molecule has 0 amide bonds. The minimum atomic E-state index is 0.481. The highest BCUT2D eigenvalue weighted by Crippen LogP contribution is 2.42. The lowest BCUT2D eigenvalue weighted by atomic mass is 9.82. The van der Waals surface area contributed by atoms with E-state index in [2.05, 4.69) is 13.8 Å². The third-order valence-electron chi connectivity index (χ3n) is 3.05. The van der Waals surface area contributed by atoms with Crippen molar-refractivity contribution in [2.75, 3.05) is 13.7 Å². The van der Waals surface area contributed by atoms with Crippen LogP contribution in [0.5, 0.6) is 0 Å². The van der Waals surface area contributed by atoms with Gasteiger partial charge in [0.1, 0.15) is 0 Å². The lowest BCUT2D eigenvalue weighted by Crippen LogP contribution is -2.24. The highest BCUT2D eigenvalue weighted by atomic mass is 16.5. The fourth-order valence-electron chi connectivity index (χ4n) is 1.95. The summed E-state index contributed by atoms with van der Waals surface area (Å²) < 4.78 is 5.20. The topological polar surface area (TPSA) is 9.23 Å². The molecule has 0 aromatic carbocycles. The largest absolute Gasteiger partial charge is 0.384 e. The normalized spacial score (nSPS) is 34.2. The second-order valence-corrected chi connectivity index (χ2v) is 3.88. The molecule has 0 aromatic rings. The summed E-state index contributed by atoms with van der Waals surface area (Å²) in [7, 11) is 1.80. The van der Waals surface area contributed by atoms with Gasteiger partial charge in [0, 0.05) is 7.11 Å². The van der Waals surface area contributed by atoms with Crippen molar-refractivity contribution < 1.29 is 4.74 Å². The maximum Gasteiger partial charge on any atom is 0.0518 e. The highest BCUT2D eigenvalue weighted by Gasteiger charge is 2.35. The Morgan fingerprint density at radius 3 is 2.33 bits per heavy atom. The molecule has 0 aliphatic heterocycles. The molecular formula is C11H24O. The van der Waals surface area contributed by atoms with Crippen LogP contribution in [0.4, 0.5) is 0 Å². The Balaban J connectivity index is 0.000000561. The van der Waals surface area contributed by atoms with Crippen molar-refractivity contribution in [2.45, 2.75) is 47.0 Å². The summed E-state index contributed by atoms with van der Waals surface area (Å²) in [6, 6.07) is 0. The Morgan fingerprint density at radius 2 is 2.00 bits per heavy atom. The Kier molecular flexibility index (Phi) is 5.56. The van der Waals surface area contributed by atoms with Gasteiger partial charge in [0.2, 0.25) is 0 Å². The summed E-state index contributed by atoms with van der Waals surface area (Å²) in [6.07, 6.45) is 4.13. The molecule has 2 unspecified atom stereocenters. The van der Waals surface area contributed by atoms with Gasteiger partial charge in [-0.25, -0.2) is 0 Å². The zero-order valence-corrected chi connectivity index (χ0v) is 9.31. The molecule has 1 heteroatoms. The molecule has 12 heavy (non-hydrogen) atoms. The van der Waals surface area contributed by atoms with Gasteiger partial charge >= 0.3 is 0 Å². The van der Waals surface area contributed by atoms with Crippen LogP contribution in [0.2, 0.25) is 0 Å². The first-order valence-corrected chi connectivity index (χ1v) is 5.18. The van der Waals surface area contributed by atoms with E-state index in [1.54, 1.807) is 7.11 Å². The Labute approximate surface area is 77.5 Å². The van der Waals surface area contributed by atoms with Gasteiger partial charge in [0.05, 0.1) is 6.61 Å². The number of hydrogen-bond donors (Lipinski definition) is 0. The second-order valence-electron chi connectivity index (χ2n) is 3.88. The molecule has 0 aromatic heterocycles. The molecule has 1 nitrogen and oxygen atoms in total. The van der Waals surface area contributed by atoms with Crippen molar-refractivity contribution >= 4 is 0 Å². The molecular weight excluding hydrogens is 148 g/mol. The predicted molar refractivity (Wildman–Crippen MR) is 54.3 cm³/mol. The van der Waals surface area contributed by atoms with E-state index >= 15 is 0 Å². The van der Waals surface area contributed by atoms with Crippen molar-refractivity contribution in [1.82, 2.24) is 0 Å². The van der Waals surface area contributed by atoms with E-state index in [1.165, 1.54) is 19.3 Å². The zero-order chi connectivity index (χ0) is 9.61. The molecule has 0 saturated heterocycles. The lowest BCUT2D eigenvalue weighted by molar-refractivity contribution is 0.0689. The molecule has 0 N–H and O–H groups in total. The van der Waals surface area contributed by atoms with Crippen molar-refractivity contribution in [3.63, 3.8) is 0 Å². The molecule has 1 aliphatic carbocycles. The molecule has 2 atom stereocenters. The summed E-state index contributed by atoms with van der Waals surface area (Å²) in [5.74, 6) is 0.854. The fourth-order valence-corrected chi connectivity index (χ4v) is 1.95. The molecule has 1 aliphatic rings. The van der Waals surface area contributed by atoms with Gasteiger partial charge in [0.25, 0.3) is 0 Å². The maximum absolute atomic E-state index is 5.20. The summed E-state index contributed by atoms with van der Waals surface area (Å²) in [5, 5.41) is 0. The molecule has 0 spiro atoms. The van der Waals surface area contributed by atoms with E-state index < -0.39 is 0 Å². The maximum atomic E-state index is 5.20. The lowest BCUT2D eigenvalue weighted by Gasteiger charge is -2.27. The first-order chi connectivity index (χ1) is 5.69. The highest BCUT2D eigenvalue weighted by molar-refractivity contribution is 4.85. The average molecular weight is 172 g/mol. The predicted octanol–water partition coefficient (Wildman–Crippen LogP) is 3.49. The van der Waals surface area contributed by atoms with Crippen LogP contribution in [-0.2, 0) is 4.74 Å². The van der Waals surface area contributed by atoms with Crippen LogP contribution in [0.15, 0.2) is 0 Å². The van der Waals surface area contributed by atoms with Gasteiger partial charge in [0.15, 0.2) is 0 Å². The number of ether oxygens (including phenoxy) is 1. The molecule has 0 heterocycles. The zero-order valence-electron chi connectivity index (χ0n) is 9.31. The van der Waals surface area contributed by atoms with Gasteiger partial charge in [-0.05, 0) is 17.8 Å². The molecule has 0 bridgehead atoms. The van der Waals surface area contributed by atoms with Crippen molar-refractivity contribution in [2.24, 2.45) is 11.3 Å². The van der Waals surface area contributed by atoms with Crippen LogP contribution in [0.1, 0.15) is 47.0 Å². The summed E-state index contributed by atoms with van der Waals surface area (Å²) >= 11 is 0. The van der Waals surface area contributed by atoms with E-state index in [9.17, 15) is 0 Å². The Morgan fingerprint density at radius 1 is 1.42 bits per heavy atom. The summed E-state index contributed by atoms with van der Waals surface area (Å²) in [5.41, 5.74) is 0.481. The average Bonchev–Trinajstić information content (AvgIpc) is 2.37. The molecule has 1 rings (SSSR count). The smallest absolute Gasteiger partial charge is 0.0518 e. The number of hydrogen-bond acceptors (Lipinski definition) is 1. The third kappa shape index (κ3) is 2.78. The first-order valence-electron chi connectivity index (χ1n) is 5.18. The van der Waals surface area contributed by atoms with Gasteiger partial charge in [-0.15, -0.1) is 0 Å². The minimum Gasteiger partial charge on any atom is -0.384 e. The summed E-state index contributed by atoms with van der Waals surface area (Å²) in [6.45, 7) is 9.62. The Hall–Kier alpha value is -0.0400. The van der Waals surface area contributed by atoms with E-state index in [0.29, 0.717) is 5.41 Å². The number of methoxy groups -OCH3 is 1. The number of rotatable bonds is 2. The van der Waals surface area contributed by atoms with Crippen LogP contribution < -0.4 is 0 Å². The van der Waals surface area contributed by atoms with Gasteiger partial charge in [-0.3, -0.25) is 0 Å². The van der Waals surface area contributed by atoms with Crippen LogP contribution in [0, 0.1) is 11.3 Å². The van der Waals surface area contributed by atoms with Gasteiger partial charge in [-0.1, -0.05) is 40.5 Å². The second kappa shape index (κ2) is 5.58. The van der Waals surface area contributed by atoms with E-state index in [-0.39, 0.29) is 0 Å². The SMILES string of the molecule is CC.COCC1(C)CCCC1C. The van der Waals surface area contributed by atoms with E-state index in [0.717, 1.165) is 12.5 Å². The van der Waals surface area contributed by atoms with E-state index in [4.69, 9.17) is 4.74 Å². The van der Waals surface area contributed by atoms with Crippen molar-refractivity contribution in [3.8, 4) is 0 Å². The minimum absolute atomic E-state index is 0.481. The molecule has 0 radical (unpaired) electrons. The van der Waals surface area contributed by atoms with E-state index in [1.807, 2.05) is 13.8 Å². The van der Waals surface area contributed by atoms with Crippen LogP contribution in [0.25, 0.3) is 0 Å². The summed E-state index contributed by atoms with van der Waals surface area (Å²) in [4.78, 5) is 0. The van der Waals surface area contributed by atoms with Gasteiger partial charge < -0.3 is 4.74 Å². The first kappa shape index (κ1) is 12.0. The van der Waals surface area contributed by atoms with Crippen molar-refractivity contribution in [3.05, 3.63) is 0 Å². The molecule has 1 saturated carbocycles. The van der Waals surface area contributed by atoms with Gasteiger partial charge in [-0.2, -0.15) is 0 Å². The molecule has 74 valence electrons.